The molecule has 1 aromatic carbocycles. The summed E-state index contributed by atoms with van der Waals surface area (Å²) in [6.07, 6.45) is 2.03. The van der Waals surface area contributed by atoms with Crippen LogP contribution in [0.15, 0.2) is 35.8 Å². The van der Waals surface area contributed by atoms with Crippen LogP contribution < -0.4 is 10.1 Å². The highest BCUT2D eigenvalue weighted by Gasteiger charge is 2.12. The molecule has 3 rings (SSSR count). The van der Waals surface area contributed by atoms with E-state index in [4.69, 9.17) is 4.74 Å². The molecule has 2 aromatic heterocycles. The number of methoxy groups -OCH3 is 1. The first kappa shape index (κ1) is 13.1. The molecule has 0 aliphatic heterocycles. The fraction of sp³-hybridized carbons (Fsp3) is 0.267. The van der Waals surface area contributed by atoms with Crippen LogP contribution in [0.4, 0.5) is 0 Å². The Balaban J connectivity index is 1.70. The fourth-order valence-corrected chi connectivity index (χ4v) is 2.89. The minimum atomic E-state index is 0.702. The highest BCUT2D eigenvalue weighted by molar-refractivity contribution is 7.15. The summed E-state index contributed by atoms with van der Waals surface area (Å²) in [6.45, 7) is 3.66. The van der Waals surface area contributed by atoms with Crippen LogP contribution in [-0.2, 0) is 13.1 Å². The van der Waals surface area contributed by atoms with Crippen LogP contribution in [0.2, 0.25) is 0 Å². The molecular weight excluding hydrogens is 270 g/mol. The molecule has 0 radical (unpaired) electrons. The Hall–Kier alpha value is -1.85. The Labute approximate surface area is 122 Å². The maximum absolute atomic E-state index is 5.34. The largest absolute Gasteiger partial charge is 0.480 e. The summed E-state index contributed by atoms with van der Waals surface area (Å²) in [5.41, 5.74) is 3.63. The van der Waals surface area contributed by atoms with Gasteiger partial charge < -0.3 is 10.1 Å². The average Bonchev–Trinajstić information content (AvgIpc) is 3.02. The smallest absolute Gasteiger partial charge is 0.237 e. The minimum Gasteiger partial charge on any atom is -0.480 e. The van der Waals surface area contributed by atoms with Gasteiger partial charge in [0.1, 0.15) is 5.69 Å². The van der Waals surface area contributed by atoms with Crippen LogP contribution in [0.1, 0.15) is 16.8 Å². The van der Waals surface area contributed by atoms with Gasteiger partial charge in [-0.2, -0.15) is 4.98 Å². The second-order valence-electron chi connectivity index (χ2n) is 4.71. The molecule has 2 heterocycles. The van der Waals surface area contributed by atoms with E-state index in [1.165, 1.54) is 11.1 Å². The van der Waals surface area contributed by atoms with E-state index < -0.39 is 0 Å². The van der Waals surface area contributed by atoms with Gasteiger partial charge in [0.25, 0.3) is 0 Å². The lowest BCUT2D eigenvalue weighted by atomic mass is 10.1. The summed E-state index contributed by atoms with van der Waals surface area (Å²) >= 11 is 1.61. The number of fused-ring (bicyclic) bond motifs is 1. The van der Waals surface area contributed by atoms with Crippen molar-refractivity contribution < 1.29 is 4.74 Å². The zero-order valence-corrected chi connectivity index (χ0v) is 12.4. The van der Waals surface area contributed by atoms with Crippen molar-refractivity contribution in [3.05, 3.63) is 52.7 Å². The molecule has 104 valence electrons. The lowest BCUT2D eigenvalue weighted by Crippen LogP contribution is -2.14. The molecule has 0 atom stereocenters. The molecule has 0 saturated heterocycles. The van der Waals surface area contributed by atoms with Crippen LogP contribution in [0.3, 0.4) is 0 Å². The van der Waals surface area contributed by atoms with E-state index >= 15 is 0 Å². The molecule has 0 bridgehead atoms. The second kappa shape index (κ2) is 5.64. The van der Waals surface area contributed by atoms with Gasteiger partial charge in [-0.1, -0.05) is 29.8 Å². The van der Waals surface area contributed by atoms with Gasteiger partial charge in [-0.25, -0.2) is 0 Å². The molecule has 0 amide bonds. The summed E-state index contributed by atoms with van der Waals surface area (Å²) < 4.78 is 7.42. The quantitative estimate of drug-likeness (QED) is 0.784. The van der Waals surface area contributed by atoms with Crippen LogP contribution >= 0.6 is 11.3 Å². The van der Waals surface area contributed by atoms with E-state index in [2.05, 4.69) is 45.9 Å². The van der Waals surface area contributed by atoms with Crippen molar-refractivity contribution in [3.8, 4) is 5.88 Å². The molecule has 0 spiro atoms. The highest BCUT2D eigenvalue weighted by atomic mass is 32.1. The van der Waals surface area contributed by atoms with Gasteiger partial charge in [-0.3, -0.25) is 4.40 Å². The number of thiazole rings is 1. The van der Waals surface area contributed by atoms with Crippen molar-refractivity contribution in [3.63, 3.8) is 0 Å². The molecule has 20 heavy (non-hydrogen) atoms. The van der Waals surface area contributed by atoms with Crippen LogP contribution in [0, 0.1) is 6.92 Å². The number of hydrogen-bond acceptors (Lipinski definition) is 4. The maximum Gasteiger partial charge on any atom is 0.237 e. The Bertz CT molecular complexity index is 700. The topological polar surface area (TPSA) is 38.6 Å². The predicted octanol–water partition coefficient (Wildman–Crippen LogP) is 3.00. The fourth-order valence-electron chi connectivity index (χ4n) is 2.17. The van der Waals surface area contributed by atoms with Crippen LogP contribution in [0.25, 0.3) is 4.96 Å². The van der Waals surface area contributed by atoms with Gasteiger partial charge in [0, 0.05) is 24.7 Å². The summed E-state index contributed by atoms with van der Waals surface area (Å²) in [5.74, 6) is 0.702. The second-order valence-corrected chi connectivity index (χ2v) is 5.59. The number of aryl methyl sites for hydroxylation is 1. The van der Waals surface area contributed by atoms with Crippen molar-refractivity contribution in [1.82, 2.24) is 14.7 Å². The van der Waals surface area contributed by atoms with Crippen molar-refractivity contribution in [2.75, 3.05) is 7.11 Å². The number of nitrogens with one attached hydrogen (secondary N) is 1. The number of benzene rings is 1. The molecule has 0 saturated carbocycles. The molecule has 5 heteroatoms. The van der Waals surface area contributed by atoms with E-state index in [1.54, 1.807) is 18.4 Å². The van der Waals surface area contributed by atoms with Gasteiger partial charge in [0.15, 0.2) is 4.96 Å². The van der Waals surface area contributed by atoms with Crippen LogP contribution in [-0.4, -0.2) is 16.5 Å². The summed E-state index contributed by atoms with van der Waals surface area (Å²) in [4.78, 5) is 5.41. The highest BCUT2D eigenvalue weighted by Crippen LogP contribution is 2.22. The molecular formula is C15H17N3OS. The Kier molecular flexibility index (Phi) is 3.71. The van der Waals surface area contributed by atoms with Gasteiger partial charge in [-0.15, -0.1) is 11.3 Å². The van der Waals surface area contributed by atoms with Gasteiger partial charge in [0.05, 0.1) is 7.11 Å². The first-order chi connectivity index (χ1) is 9.78. The normalized spacial score (nSPS) is 11.1. The molecule has 0 fully saturated rings. The van der Waals surface area contributed by atoms with Crippen molar-refractivity contribution in [2.45, 2.75) is 20.0 Å². The molecule has 0 aliphatic rings. The number of aromatic nitrogens is 2. The average molecular weight is 287 g/mol. The number of imidazole rings is 1. The molecule has 0 unspecified atom stereocenters. The predicted molar refractivity (Wildman–Crippen MR) is 81.3 cm³/mol. The zero-order chi connectivity index (χ0) is 13.9. The van der Waals surface area contributed by atoms with Crippen molar-refractivity contribution in [1.29, 1.82) is 0 Å². The monoisotopic (exact) mass is 287 g/mol. The number of hydrogen-bond donors (Lipinski definition) is 1. The molecule has 1 N–H and O–H groups in total. The lowest BCUT2D eigenvalue weighted by Gasteiger charge is -2.06. The SMILES string of the molecule is COc1nc2sccn2c1CNCc1ccc(C)cc1. The molecule has 0 aliphatic carbocycles. The third-order valence-corrected chi connectivity index (χ3v) is 4.02. The van der Waals surface area contributed by atoms with Crippen molar-refractivity contribution >= 4 is 16.3 Å². The van der Waals surface area contributed by atoms with Gasteiger partial charge >= 0.3 is 0 Å². The maximum atomic E-state index is 5.34. The third-order valence-electron chi connectivity index (χ3n) is 3.26. The van der Waals surface area contributed by atoms with E-state index in [-0.39, 0.29) is 0 Å². The third kappa shape index (κ3) is 2.55. The van der Waals surface area contributed by atoms with E-state index in [9.17, 15) is 0 Å². The minimum absolute atomic E-state index is 0.702. The Morgan fingerprint density at radius 2 is 2.05 bits per heavy atom. The van der Waals surface area contributed by atoms with Gasteiger partial charge in [-0.05, 0) is 12.5 Å². The van der Waals surface area contributed by atoms with E-state index in [1.807, 2.05) is 11.6 Å². The number of ether oxygens (including phenoxy) is 1. The summed E-state index contributed by atoms with van der Waals surface area (Å²) in [7, 11) is 1.66. The number of rotatable bonds is 5. The van der Waals surface area contributed by atoms with Crippen molar-refractivity contribution in [2.24, 2.45) is 0 Å². The molecule has 4 nitrogen and oxygen atoms in total. The van der Waals surface area contributed by atoms with Crippen LogP contribution in [0.5, 0.6) is 5.88 Å². The van der Waals surface area contributed by atoms with E-state index in [0.29, 0.717) is 5.88 Å². The standard InChI is InChI=1S/C15H17N3OS/c1-11-3-5-12(6-4-11)9-16-10-13-14(19-2)17-15-18(13)7-8-20-15/h3-8,16H,9-10H2,1-2H3. The van der Waals surface area contributed by atoms with E-state index in [0.717, 1.165) is 23.7 Å². The number of nitrogens with zero attached hydrogens (tertiary/aromatic N) is 2. The molecule has 3 aromatic rings. The lowest BCUT2D eigenvalue weighted by molar-refractivity contribution is 0.393. The summed E-state index contributed by atoms with van der Waals surface area (Å²) in [6, 6.07) is 8.56. The first-order valence-corrected chi connectivity index (χ1v) is 7.40. The Morgan fingerprint density at radius 1 is 1.25 bits per heavy atom. The first-order valence-electron chi connectivity index (χ1n) is 6.52. The summed E-state index contributed by atoms with van der Waals surface area (Å²) in [5, 5.41) is 5.48. The van der Waals surface area contributed by atoms with Gasteiger partial charge in [0.2, 0.25) is 5.88 Å². The Morgan fingerprint density at radius 3 is 2.80 bits per heavy atom. The zero-order valence-electron chi connectivity index (χ0n) is 11.6.